The van der Waals surface area contributed by atoms with Crippen molar-refractivity contribution in [1.82, 2.24) is 5.43 Å². The number of carbonyl (C=O) groups excluding carboxylic acids is 2. The number of hydrogen-bond acceptors (Lipinski definition) is 8. The Morgan fingerprint density at radius 2 is 1.79 bits per heavy atom. The molecule has 0 aromatic heterocycles. The minimum atomic E-state index is -0.822. The summed E-state index contributed by atoms with van der Waals surface area (Å²) in [7, 11) is 2.87. The van der Waals surface area contributed by atoms with Crippen LogP contribution in [0.3, 0.4) is 0 Å². The fraction of sp³-hybridized carbons (Fsp3) is 0.250. The molecule has 0 saturated heterocycles. The quantitative estimate of drug-likeness (QED) is 0.342. The van der Waals surface area contributed by atoms with Crippen molar-refractivity contribution in [3.63, 3.8) is 0 Å². The van der Waals surface area contributed by atoms with Crippen LogP contribution in [0.1, 0.15) is 12.5 Å². The monoisotopic (exact) mass is 400 g/mol. The van der Waals surface area contributed by atoms with Crippen LogP contribution in [-0.4, -0.2) is 45.0 Å². The van der Waals surface area contributed by atoms with Gasteiger partial charge in [0.05, 0.1) is 20.4 Å². The molecule has 0 bridgehead atoms. The first-order chi connectivity index (χ1) is 14.0. The van der Waals surface area contributed by atoms with Gasteiger partial charge in [0.2, 0.25) is 11.9 Å². The summed E-state index contributed by atoms with van der Waals surface area (Å²) in [5, 5.41) is 3.94. The Morgan fingerprint density at radius 1 is 1.14 bits per heavy atom. The smallest absolute Gasteiger partial charge is 0.308 e. The van der Waals surface area contributed by atoms with Gasteiger partial charge >= 0.3 is 5.97 Å². The molecule has 29 heavy (non-hydrogen) atoms. The van der Waals surface area contributed by atoms with Crippen LogP contribution < -0.4 is 29.1 Å². The fourth-order valence-corrected chi connectivity index (χ4v) is 2.61. The SMILES string of the molecule is COc1cc(C=NNC(=O)C2COc3ccccc3O2)cc(OC)c1OC(C)=O. The number of ether oxygens (including phenoxy) is 5. The van der Waals surface area contributed by atoms with E-state index in [1.807, 2.05) is 6.07 Å². The lowest BCUT2D eigenvalue weighted by Crippen LogP contribution is -2.42. The van der Waals surface area contributed by atoms with E-state index in [4.69, 9.17) is 23.7 Å². The number of amides is 1. The molecule has 9 heteroatoms. The molecule has 1 N–H and O–H groups in total. The van der Waals surface area contributed by atoms with Crippen LogP contribution in [0.25, 0.3) is 0 Å². The Bertz CT molecular complexity index is 917. The molecule has 0 radical (unpaired) electrons. The van der Waals surface area contributed by atoms with E-state index < -0.39 is 18.0 Å². The summed E-state index contributed by atoms with van der Waals surface area (Å²) in [5.74, 6) is 0.860. The normalized spacial score (nSPS) is 14.9. The number of hydrazone groups is 1. The van der Waals surface area contributed by atoms with Crippen LogP contribution in [0, 0.1) is 0 Å². The Kier molecular flexibility index (Phi) is 6.18. The van der Waals surface area contributed by atoms with E-state index in [0.717, 1.165) is 0 Å². The minimum Gasteiger partial charge on any atom is -0.493 e. The Labute approximate surface area is 167 Å². The summed E-state index contributed by atoms with van der Waals surface area (Å²) in [6.07, 6.45) is 0.579. The summed E-state index contributed by atoms with van der Waals surface area (Å²) in [6.45, 7) is 1.36. The van der Waals surface area contributed by atoms with Crippen LogP contribution in [0.4, 0.5) is 0 Å². The van der Waals surface area contributed by atoms with Crippen LogP contribution in [0.15, 0.2) is 41.5 Å². The van der Waals surface area contributed by atoms with Gasteiger partial charge in [-0.2, -0.15) is 5.10 Å². The van der Waals surface area contributed by atoms with Crippen molar-refractivity contribution in [2.45, 2.75) is 13.0 Å². The number of esters is 1. The van der Waals surface area contributed by atoms with E-state index >= 15 is 0 Å². The number of fused-ring (bicyclic) bond motifs is 1. The highest BCUT2D eigenvalue weighted by atomic mass is 16.6. The molecule has 0 spiro atoms. The molecule has 0 aliphatic carbocycles. The van der Waals surface area contributed by atoms with Gasteiger partial charge in [0.25, 0.3) is 5.91 Å². The lowest BCUT2D eigenvalue weighted by atomic mass is 10.2. The molecular formula is C20H20N2O7. The topological polar surface area (TPSA) is 105 Å². The van der Waals surface area contributed by atoms with E-state index in [1.54, 1.807) is 30.3 Å². The molecule has 1 aliphatic heterocycles. The van der Waals surface area contributed by atoms with E-state index in [-0.39, 0.29) is 23.9 Å². The van der Waals surface area contributed by atoms with Crippen molar-refractivity contribution in [3.8, 4) is 28.7 Å². The van der Waals surface area contributed by atoms with E-state index in [1.165, 1.54) is 27.4 Å². The highest BCUT2D eigenvalue weighted by molar-refractivity contribution is 5.86. The molecule has 1 unspecified atom stereocenters. The van der Waals surface area contributed by atoms with Crippen LogP contribution in [0.5, 0.6) is 28.7 Å². The average molecular weight is 400 g/mol. The van der Waals surface area contributed by atoms with Crippen molar-refractivity contribution < 1.29 is 33.3 Å². The lowest BCUT2D eigenvalue weighted by Gasteiger charge is -2.24. The number of benzene rings is 2. The summed E-state index contributed by atoms with van der Waals surface area (Å²) in [6, 6.07) is 10.3. The van der Waals surface area contributed by atoms with Gasteiger partial charge in [-0.25, -0.2) is 5.43 Å². The van der Waals surface area contributed by atoms with Crippen LogP contribution in [0.2, 0.25) is 0 Å². The fourth-order valence-electron chi connectivity index (χ4n) is 2.61. The number of methoxy groups -OCH3 is 2. The Morgan fingerprint density at radius 3 is 2.41 bits per heavy atom. The highest BCUT2D eigenvalue weighted by Gasteiger charge is 2.27. The van der Waals surface area contributed by atoms with Gasteiger partial charge in [0.15, 0.2) is 23.0 Å². The number of nitrogens with one attached hydrogen (secondary N) is 1. The maximum absolute atomic E-state index is 12.3. The second kappa shape index (κ2) is 8.96. The first-order valence-electron chi connectivity index (χ1n) is 8.67. The highest BCUT2D eigenvalue weighted by Crippen LogP contribution is 2.38. The maximum Gasteiger partial charge on any atom is 0.308 e. The summed E-state index contributed by atoms with van der Waals surface area (Å²) < 4.78 is 26.8. The molecule has 0 fully saturated rings. The predicted octanol–water partition coefficient (Wildman–Crippen LogP) is 1.92. The molecule has 1 aliphatic rings. The van der Waals surface area contributed by atoms with Crippen molar-refractivity contribution in [2.75, 3.05) is 20.8 Å². The van der Waals surface area contributed by atoms with Gasteiger partial charge in [0.1, 0.15) is 6.61 Å². The maximum atomic E-state index is 12.3. The number of para-hydroxylation sites is 2. The summed E-state index contributed by atoms with van der Waals surface area (Å²) >= 11 is 0. The third kappa shape index (κ3) is 4.75. The first kappa shape index (κ1) is 20.0. The van der Waals surface area contributed by atoms with Crippen LogP contribution in [-0.2, 0) is 9.59 Å². The van der Waals surface area contributed by atoms with Crippen molar-refractivity contribution in [3.05, 3.63) is 42.0 Å². The van der Waals surface area contributed by atoms with Gasteiger partial charge < -0.3 is 23.7 Å². The number of carbonyl (C=O) groups is 2. The molecule has 1 heterocycles. The first-order valence-corrected chi connectivity index (χ1v) is 8.67. The lowest BCUT2D eigenvalue weighted by molar-refractivity contribution is -0.132. The number of rotatable bonds is 6. The standard InChI is InChI=1S/C20H20N2O7/c1-12(23)28-19-16(25-2)8-13(9-17(19)26-3)10-21-22-20(24)18-11-27-14-6-4-5-7-15(14)29-18/h4-10,18H,11H2,1-3H3,(H,22,24). The molecule has 1 amide bonds. The number of nitrogens with zero attached hydrogens (tertiary/aromatic N) is 1. The van der Waals surface area contributed by atoms with Crippen molar-refractivity contribution in [2.24, 2.45) is 5.10 Å². The second-order valence-electron chi connectivity index (χ2n) is 5.95. The summed E-state index contributed by atoms with van der Waals surface area (Å²) in [5.41, 5.74) is 2.97. The molecule has 2 aromatic carbocycles. The molecule has 2 aromatic rings. The van der Waals surface area contributed by atoms with Crippen LogP contribution >= 0.6 is 0 Å². The van der Waals surface area contributed by atoms with E-state index in [9.17, 15) is 9.59 Å². The van der Waals surface area contributed by atoms with Crippen molar-refractivity contribution in [1.29, 1.82) is 0 Å². The van der Waals surface area contributed by atoms with Gasteiger partial charge in [0, 0.05) is 12.5 Å². The molecule has 3 rings (SSSR count). The Hall–Kier alpha value is -3.75. The van der Waals surface area contributed by atoms with Gasteiger partial charge in [-0.3, -0.25) is 9.59 Å². The third-order valence-corrected chi connectivity index (χ3v) is 3.92. The van der Waals surface area contributed by atoms with E-state index in [2.05, 4.69) is 10.5 Å². The van der Waals surface area contributed by atoms with Gasteiger partial charge in [-0.1, -0.05) is 12.1 Å². The molecule has 0 saturated carbocycles. The predicted molar refractivity (Wildman–Crippen MR) is 103 cm³/mol. The second-order valence-corrected chi connectivity index (χ2v) is 5.95. The van der Waals surface area contributed by atoms with Crippen molar-refractivity contribution >= 4 is 18.1 Å². The minimum absolute atomic E-state index is 0.0805. The molecule has 152 valence electrons. The Balaban J connectivity index is 1.68. The largest absolute Gasteiger partial charge is 0.493 e. The third-order valence-electron chi connectivity index (χ3n) is 3.92. The zero-order valence-corrected chi connectivity index (χ0v) is 16.1. The molecule has 9 nitrogen and oxygen atoms in total. The average Bonchev–Trinajstić information content (AvgIpc) is 2.73. The number of hydrogen-bond donors (Lipinski definition) is 1. The summed E-state index contributed by atoms with van der Waals surface area (Å²) in [4.78, 5) is 23.6. The molecular weight excluding hydrogens is 380 g/mol. The van der Waals surface area contributed by atoms with Gasteiger partial charge in [-0.05, 0) is 24.3 Å². The van der Waals surface area contributed by atoms with Gasteiger partial charge in [-0.15, -0.1) is 0 Å². The van der Waals surface area contributed by atoms with E-state index in [0.29, 0.717) is 17.1 Å². The zero-order chi connectivity index (χ0) is 20.8. The zero-order valence-electron chi connectivity index (χ0n) is 16.1. The molecule has 1 atom stereocenters.